The van der Waals surface area contributed by atoms with E-state index in [9.17, 15) is 0 Å². The number of allylic oxidation sites excluding steroid dienone is 4. The third-order valence-electron chi connectivity index (χ3n) is 6.04. The van der Waals surface area contributed by atoms with Crippen molar-refractivity contribution in [1.29, 1.82) is 0 Å². The van der Waals surface area contributed by atoms with Gasteiger partial charge in [-0.15, -0.1) is 0 Å². The maximum atomic E-state index is 2.44. The molecule has 0 N–H and O–H groups in total. The van der Waals surface area contributed by atoms with Crippen molar-refractivity contribution >= 4 is 23.6 Å². The number of aryl methyl sites for hydroxylation is 3. The highest BCUT2D eigenvalue weighted by Crippen LogP contribution is 2.35. The summed E-state index contributed by atoms with van der Waals surface area (Å²) in [4.78, 5) is 0. The lowest BCUT2D eigenvalue weighted by Gasteiger charge is -2.39. The molecule has 3 aromatic carbocycles. The Morgan fingerprint density at radius 3 is 1.36 bits per heavy atom. The fraction of sp³-hybridized carbons (Fsp3) is 0.185. The molecule has 1 aliphatic rings. The summed E-state index contributed by atoms with van der Waals surface area (Å²) in [6.07, 6.45) is 6.99. The van der Waals surface area contributed by atoms with Crippen LogP contribution in [0.4, 0.5) is 0 Å². The van der Waals surface area contributed by atoms with E-state index in [0.29, 0.717) is 5.54 Å². The lowest BCUT2D eigenvalue weighted by molar-refractivity contribution is 1.19. The topological polar surface area (TPSA) is 0 Å². The third-order valence-corrected chi connectivity index (χ3v) is 11.3. The van der Waals surface area contributed by atoms with Crippen LogP contribution < -0.4 is 15.6 Å². The zero-order valence-corrected chi connectivity index (χ0v) is 18.2. The van der Waals surface area contributed by atoms with Gasteiger partial charge < -0.3 is 0 Å². The molecule has 140 valence electrons. The second kappa shape index (κ2) is 7.41. The van der Waals surface area contributed by atoms with Gasteiger partial charge in [0.2, 0.25) is 0 Å². The van der Waals surface area contributed by atoms with E-state index in [1.165, 1.54) is 37.8 Å². The first-order valence-corrected chi connectivity index (χ1v) is 12.2. The first-order chi connectivity index (χ1) is 13.5. The number of hydrogen-bond acceptors (Lipinski definition) is 0. The van der Waals surface area contributed by atoms with Gasteiger partial charge in [0, 0.05) is 5.54 Å². The van der Waals surface area contributed by atoms with Crippen molar-refractivity contribution in [2.75, 3.05) is 0 Å². The van der Waals surface area contributed by atoms with Gasteiger partial charge in [-0.3, -0.25) is 0 Å². The monoisotopic (exact) mass is 380 g/mol. The van der Waals surface area contributed by atoms with Crippen LogP contribution in [0.5, 0.6) is 0 Å². The molecule has 0 aromatic heterocycles. The summed E-state index contributed by atoms with van der Waals surface area (Å²) < 4.78 is 0. The van der Waals surface area contributed by atoms with Crippen molar-refractivity contribution < 1.29 is 0 Å². The van der Waals surface area contributed by atoms with Crippen LogP contribution in [0.2, 0.25) is 5.54 Å². The molecule has 28 heavy (non-hydrogen) atoms. The minimum Gasteiger partial charge on any atom is -0.0791 e. The molecule has 0 spiro atoms. The van der Waals surface area contributed by atoms with E-state index < -0.39 is 8.07 Å². The van der Waals surface area contributed by atoms with Crippen LogP contribution >= 0.6 is 0 Å². The van der Waals surface area contributed by atoms with Crippen molar-refractivity contribution in [1.82, 2.24) is 0 Å². The highest BCUT2D eigenvalue weighted by atomic mass is 28.3. The van der Waals surface area contributed by atoms with E-state index in [-0.39, 0.29) is 0 Å². The minimum atomic E-state index is -2.30. The molecule has 1 heteroatoms. The van der Waals surface area contributed by atoms with Crippen LogP contribution in [0.1, 0.15) is 23.6 Å². The Kier molecular flexibility index (Phi) is 4.95. The van der Waals surface area contributed by atoms with E-state index in [0.717, 1.165) is 0 Å². The van der Waals surface area contributed by atoms with E-state index in [2.05, 4.69) is 119 Å². The Bertz CT molecular complexity index is 960. The molecule has 1 unspecified atom stereocenters. The van der Waals surface area contributed by atoms with Crippen molar-refractivity contribution in [2.45, 2.75) is 33.2 Å². The Labute approximate surface area is 170 Å². The predicted octanol–water partition coefficient (Wildman–Crippen LogP) is 4.97. The standard InChI is InChI=1S/C27H28Si/c1-20-9-5-13-24(17-20)28(27-16-8-12-23(27)4,25-14-6-10-21(2)18-25)26-15-7-11-22(3)19-26/h5-19,27H,1-4H3. The van der Waals surface area contributed by atoms with Gasteiger partial charge in [-0.2, -0.15) is 0 Å². The molecular weight excluding hydrogens is 352 g/mol. The predicted molar refractivity (Wildman–Crippen MR) is 125 cm³/mol. The molecule has 0 aliphatic heterocycles. The zero-order chi connectivity index (χ0) is 19.7. The van der Waals surface area contributed by atoms with E-state index >= 15 is 0 Å². The maximum Gasteiger partial charge on any atom is 0.158 e. The van der Waals surface area contributed by atoms with Crippen LogP contribution in [0.3, 0.4) is 0 Å². The van der Waals surface area contributed by atoms with Gasteiger partial charge in [-0.05, 0) is 43.3 Å². The summed E-state index contributed by atoms with van der Waals surface area (Å²) in [5.74, 6) is 0. The van der Waals surface area contributed by atoms with Gasteiger partial charge in [0.25, 0.3) is 0 Å². The number of benzene rings is 3. The normalized spacial score (nSPS) is 16.3. The van der Waals surface area contributed by atoms with E-state index in [1.807, 2.05) is 0 Å². The second-order valence-electron chi connectivity index (χ2n) is 8.19. The van der Waals surface area contributed by atoms with Crippen LogP contribution in [-0.4, -0.2) is 8.07 Å². The summed E-state index contributed by atoms with van der Waals surface area (Å²) in [7, 11) is -2.30. The highest BCUT2D eigenvalue weighted by molar-refractivity contribution is 7.13. The summed E-state index contributed by atoms with van der Waals surface area (Å²) in [6.45, 7) is 8.93. The molecule has 0 amide bonds. The third kappa shape index (κ3) is 3.10. The van der Waals surface area contributed by atoms with Gasteiger partial charge in [0.1, 0.15) is 0 Å². The molecule has 0 fully saturated rings. The number of hydrogen-bond donors (Lipinski definition) is 0. The Hall–Kier alpha value is -2.64. The lowest BCUT2D eigenvalue weighted by atomic mass is 10.2. The summed E-state index contributed by atoms with van der Waals surface area (Å²) in [5.41, 5.74) is 5.89. The van der Waals surface area contributed by atoms with E-state index in [4.69, 9.17) is 0 Å². The summed E-state index contributed by atoms with van der Waals surface area (Å²) in [5, 5.41) is 4.48. The first-order valence-electron chi connectivity index (χ1n) is 10.1. The largest absolute Gasteiger partial charge is 0.158 e. The molecule has 4 rings (SSSR count). The minimum absolute atomic E-state index is 0.429. The highest BCUT2D eigenvalue weighted by Gasteiger charge is 2.46. The molecule has 1 atom stereocenters. The fourth-order valence-electron chi connectivity index (χ4n) is 4.77. The quantitative estimate of drug-likeness (QED) is 0.443. The van der Waals surface area contributed by atoms with Gasteiger partial charge in [0.05, 0.1) is 0 Å². The van der Waals surface area contributed by atoms with E-state index in [1.54, 1.807) is 0 Å². The zero-order valence-electron chi connectivity index (χ0n) is 17.2. The number of rotatable bonds is 4. The molecule has 0 nitrogen and oxygen atoms in total. The molecule has 0 saturated carbocycles. The molecule has 3 aromatic rings. The molecule has 0 heterocycles. The average molecular weight is 381 g/mol. The molecule has 0 radical (unpaired) electrons. The fourth-order valence-corrected chi connectivity index (χ4v) is 10.5. The van der Waals surface area contributed by atoms with Crippen LogP contribution in [-0.2, 0) is 0 Å². The van der Waals surface area contributed by atoms with Gasteiger partial charge >= 0.3 is 0 Å². The van der Waals surface area contributed by atoms with Crippen molar-refractivity contribution in [2.24, 2.45) is 0 Å². The summed E-state index contributed by atoms with van der Waals surface area (Å²) >= 11 is 0. The van der Waals surface area contributed by atoms with Crippen molar-refractivity contribution in [3.05, 3.63) is 113 Å². The average Bonchev–Trinajstić information content (AvgIpc) is 3.09. The molecule has 1 aliphatic carbocycles. The second-order valence-corrected chi connectivity index (χ2v) is 12.2. The lowest BCUT2D eigenvalue weighted by Crippen LogP contribution is -2.69. The maximum absolute atomic E-state index is 2.44. The van der Waals surface area contributed by atoms with Gasteiger partial charge in [0.15, 0.2) is 8.07 Å². The Morgan fingerprint density at radius 2 is 1.04 bits per heavy atom. The van der Waals surface area contributed by atoms with Crippen LogP contribution in [0.25, 0.3) is 0 Å². The van der Waals surface area contributed by atoms with Crippen LogP contribution in [0, 0.1) is 20.8 Å². The van der Waals surface area contributed by atoms with Crippen molar-refractivity contribution in [3.63, 3.8) is 0 Å². The Morgan fingerprint density at radius 1 is 0.607 bits per heavy atom. The smallest absolute Gasteiger partial charge is 0.0791 e. The van der Waals surface area contributed by atoms with Crippen LogP contribution in [0.15, 0.2) is 96.6 Å². The molecule has 0 bridgehead atoms. The molecular formula is C27H28Si. The first kappa shape index (κ1) is 18.7. The Balaban J connectivity index is 2.14. The van der Waals surface area contributed by atoms with Gasteiger partial charge in [-0.25, -0.2) is 0 Å². The SMILES string of the molecule is CC1=CC=CC1[Si](c1cccc(C)c1)(c1cccc(C)c1)c1cccc(C)c1. The van der Waals surface area contributed by atoms with Crippen molar-refractivity contribution in [3.8, 4) is 0 Å². The van der Waals surface area contributed by atoms with Gasteiger partial charge in [-0.1, -0.05) is 113 Å². The summed E-state index contributed by atoms with van der Waals surface area (Å²) in [6, 6.07) is 27.7. The molecule has 0 saturated heterocycles.